The van der Waals surface area contributed by atoms with E-state index < -0.39 is 0 Å². The van der Waals surface area contributed by atoms with Crippen molar-refractivity contribution in [1.82, 2.24) is 15.2 Å². The molecule has 116 valence electrons. The van der Waals surface area contributed by atoms with Gasteiger partial charge >= 0.3 is 0 Å². The minimum atomic E-state index is -0.270. The van der Waals surface area contributed by atoms with Crippen LogP contribution in [-0.2, 0) is 11.2 Å². The van der Waals surface area contributed by atoms with Gasteiger partial charge < -0.3 is 5.32 Å². The van der Waals surface area contributed by atoms with Crippen molar-refractivity contribution in [3.63, 3.8) is 0 Å². The zero-order valence-electron chi connectivity index (χ0n) is 13.4. The Morgan fingerprint density at radius 1 is 1.27 bits per heavy atom. The van der Waals surface area contributed by atoms with Crippen molar-refractivity contribution in [1.29, 1.82) is 0 Å². The molecular weight excluding hydrogens is 274 g/mol. The third kappa shape index (κ3) is 4.40. The molecule has 4 nitrogen and oxygen atoms in total. The first-order valence-electron chi connectivity index (χ1n) is 7.47. The van der Waals surface area contributed by atoms with E-state index in [1.165, 1.54) is 0 Å². The monoisotopic (exact) mass is 297 g/mol. The molecule has 22 heavy (non-hydrogen) atoms. The van der Waals surface area contributed by atoms with Crippen LogP contribution in [0.3, 0.4) is 0 Å². The summed E-state index contributed by atoms with van der Waals surface area (Å²) in [5, 5.41) is 3.02. The maximum atomic E-state index is 12.5. The van der Waals surface area contributed by atoms with E-state index in [2.05, 4.69) is 16.4 Å². The molecule has 1 N–H and O–H groups in total. The van der Waals surface area contributed by atoms with Gasteiger partial charge in [0.15, 0.2) is 0 Å². The molecule has 0 saturated carbocycles. The number of hydrogen-bond acceptors (Lipinski definition) is 3. The van der Waals surface area contributed by atoms with Crippen molar-refractivity contribution >= 4 is 5.91 Å². The molecule has 2 rings (SSSR count). The van der Waals surface area contributed by atoms with Gasteiger partial charge in [0.25, 0.3) is 0 Å². The van der Waals surface area contributed by atoms with Crippen LogP contribution in [0.25, 0.3) is 0 Å². The number of aryl methyl sites for hydroxylation is 1. The minimum absolute atomic E-state index is 0.0273. The van der Waals surface area contributed by atoms with Crippen LogP contribution >= 0.6 is 0 Å². The van der Waals surface area contributed by atoms with E-state index in [4.69, 9.17) is 0 Å². The summed E-state index contributed by atoms with van der Waals surface area (Å²) in [5.41, 5.74) is 3.30. The van der Waals surface area contributed by atoms with Crippen LogP contribution in [0.5, 0.6) is 0 Å². The number of rotatable bonds is 6. The van der Waals surface area contributed by atoms with Gasteiger partial charge in [0.1, 0.15) is 6.04 Å². The molecule has 0 bridgehead atoms. The summed E-state index contributed by atoms with van der Waals surface area (Å²) in [5.74, 6) is 0.0273. The van der Waals surface area contributed by atoms with Crippen molar-refractivity contribution in [2.45, 2.75) is 19.4 Å². The molecule has 1 atom stereocenters. The molecule has 0 radical (unpaired) electrons. The largest absolute Gasteiger partial charge is 0.354 e. The number of carbonyl (C=O) groups excluding carboxylic acids is 1. The predicted octanol–water partition coefficient (Wildman–Crippen LogP) is 2.35. The summed E-state index contributed by atoms with van der Waals surface area (Å²) in [6.45, 7) is 2.65. The lowest BCUT2D eigenvalue weighted by molar-refractivity contribution is -0.125. The lowest BCUT2D eigenvalue weighted by Crippen LogP contribution is -2.38. The van der Waals surface area contributed by atoms with Gasteiger partial charge in [0.05, 0.1) is 0 Å². The molecule has 0 fully saturated rings. The molecule has 0 saturated heterocycles. The Labute approximate surface area is 132 Å². The van der Waals surface area contributed by atoms with Crippen LogP contribution in [0.2, 0.25) is 0 Å². The average Bonchev–Trinajstić information content (AvgIpc) is 2.48. The van der Waals surface area contributed by atoms with Crippen LogP contribution in [0.15, 0.2) is 48.8 Å². The lowest BCUT2D eigenvalue weighted by atomic mass is 10.0. The van der Waals surface area contributed by atoms with Crippen molar-refractivity contribution in [2.24, 2.45) is 0 Å². The van der Waals surface area contributed by atoms with Crippen molar-refractivity contribution in [3.8, 4) is 0 Å². The maximum absolute atomic E-state index is 12.5. The summed E-state index contributed by atoms with van der Waals surface area (Å²) in [4.78, 5) is 18.5. The van der Waals surface area contributed by atoms with Crippen molar-refractivity contribution in [3.05, 3.63) is 65.5 Å². The number of hydrogen-bond donors (Lipinski definition) is 1. The van der Waals surface area contributed by atoms with E-state index >= 15 is 0 Å². The maximum Gasteiger partial charge on any atom is 0.241 e. The second-order valence-electron chi connectivity index (χ2n) is 5.68. The predicted molar refractivity (Wildman–Crippen MR) is 88.6 cm³/mol. The highest BCUT2D eigenvalue weighted by molar-refractivity contribution is 5.83. The fourth-order valence-electron chi connectivity index (χ4n) is 2.50. The van der Waals surface area contributed by atoms with E-state index in [9.17, 15) is 4.79 Å². The van der Waals surface area contributed by atoms with Crippen molar-refractivity contribution in [2.75, 3.05) is 20.6 Å². The summed E-state index contributed by atoms with van der Waals surface area (Å²) in [6, 6.07) is 11.7. The zero-order valence-corrected chi connectivity index (χ0v) is 13.4. The minimum Gasteiger partial charge on any atom is -0.354 e. The first kappa shape index (κ1) is 16.2. The number of benzene rings is 1. The second kappa shape index (κ2) is 7.71. The molecule has 1 aromatic heterocycles. The molecule has 2 aromatic rings. The average molecular weight is 297 g/mol. The van der Waals surface area contributed by atoms with Crippen LogP contribution < -0.4 is 5.32 Å². The Kier molecular flexibility index (Phi) is 5.67. The molecule has 1 heterocycles. The van der Waals surface area contributed by atoms with Crippen LogP contribution in [0.1, 0.15) is 22.7 Å². The van der Waals surface area contributed by atoms with E-state index in [0.717, 1.165) is 23.1 Å². The first-order valence-corrected chi connectivity index (χ1v) is 7.47. The molecule has 0 unspecified atom stereocenters. The quantitative estimate of drug-likeness (QED) is 0.890. The Hall–Kier alpha value is -2.20. The number of nitrogens with one attached hydrogen (secondary N) is 1. The molecule has 1 amide bonds. The Bertz CT molecular complexity index is 611. The highest BCUT2D eigenvalue weighted by Crippen LogP contribution is 2.19. The number of pyridine rings is 1. The van der Waals surface area contributed by atoms with Crippen LogP contribution in [-0.4, -0.2) is 36.4 Å². The Morgan fingerprint density at radius 3 is 2.73 bits per heavy atom. The number of aromatic nitrogens is 1. The Morgan fingerprint density at radius 2 is 2.09 bits per heavy atom. The highest BCUT2D eigenvalue weighted by Gasteiger charge is 2.22. The molecule has 1 aromatic carbocycles. The normalized spacial score (nSPS) is 12.2. The third-order valence-corrected chi connectivity index (χ3v) is 3.56. The van der Waals surface area contributed by atoms with Crippen LogP contribution in [0, 0.1) is 6.92 Å². The van der Waals surface area contributed by atoms with Gasteiger partial charge in [0, 0.05) is 18.9 Å². The molecule has 4 heteroatoms. The Balaban J connectivity index is 1.98. The molecule has 0 aliphatic heterocycles. The fraction of sp³-hybridized carbons (Fsp3) is 0.333. The van der Waals surface area contributed by atoms with Gasteiger partial charge in [0.2, 0.25) is 5.91 Å². The summed E-state index contributed by atoms with van der Waals surface area (Å²) < 4.78 is 0. The topological polar surface area (TPSA) is 45.2 Å². The van der Waals surface area contributed by atoms with Gasteiger partial charge in [-0.3, -0.25) is 14.7 Å². The van der Waals surface area contributed by atoms with Gasteiger partial charge in [-0.05, 0) is 44.6 Å². The molecule has 0 aliphatic rings. The molecule has 0 aliphatic carbocycles. The van der Waals surface area contributed by atoms with E-state index in [-0.39, 0.29) is 11.9 Å². The number of nitrogens with zero attached hydrogens (tertiary/aromatic N) is 2. The second-order valence-corrected chi connectivity index (χ2v) is 5.68. The highest BCUT2D eigenvalue weighted by atomic mass is 16.2. The van der Waals surface area contributed by atoms with Crippen LogP contribution in [0.4, 0.5) is 0 Å². The lowest BCUT2D eigenvalue weighted by Gasteiger charge is -2.24. The molecule has 0 spiro atoms. The summed E-state index contributed by atoms with van der Waals surface area (Å²) in [6.07, 6.45) is 4.37. The van der Waals surface area contributed by atoms with Gasteiger partial charge in [-0.25, -0.2) is 0 Å². The van der Waals surface area contributed by atoms with Gasteiger partial charge in [-0.2, -0.15) is 0 Å². The van der Waals surface area contributed by atoms with Gasteiger partial charge in [-0.1, -0.05) is 35.9 Å². The number of carbonyl (C=O) groups is 1. The van der Waals surface area contributed by atoms with Crippen molar-refractivity contribution < 1.29 is 4.79 Å². The number of likely N-dealkylation sites (N-methyl/N-ethyl adjacent to an activating group) is 1. The SMILES string of the molecule is Cc1cccc([C@H](C(=O)NCCc2cccnc2)N(C)C)c1. The summed E-state index contributed by atoms with van der Waals surface area (Å²) in [7, 11) is 3.85. The van der Waals surface area contributed by atoms with E-state index in [1.807, 2.05) is 62.4 Å². The van der Waals surface area contributed by atoms with Gasteiger partial charge in [-0.15, -0.1) is 0 Å². The van der Waals surface area contributed by atoms with E-state index in [1.54, 1.807) is 6.20 Å². The number of amides is 1. The summed E-state index contributed by atoms with van der Waals surface area (Å²) >= 11 is 0. The molecular formula is C18H23N3O. The standard InChI is InChI=1S/C18H23N3O/c1-14-6-4-8-16(12-14)17(21(2)3)18(22)20-11-9-15-7-5-10-19-13-15/h4-8,10,12-13,17H,9,11H2,1-3H3,(H,20,22)/t17-/m1/s1. The fourth-order valence-corrected chi connectivity index (χ4v) is 2.50. The third-order valence-electron chi connectivity index (χ3n) is 3.56. The zero-order chi connectivity index (χ0) is 15.9. The first-order chi connectivity index (χ1) is 10.6. The smallest absolute Gasteiger partial charge is 0.241 e. The van der Waals surface area contributed by atoms with E-state index in [0.29, 0.717) is 6.54 Å².